The predicted octanol–water partition coefficient (Wildman–Crippen LogP) is -0.517. The van der Waals surface area contributed by atoms with E-state index in [1.807, 2.05) is 0 Å². The molecule has 0 atom stereocenters. The maximum absolute atomic E-state index is 10.5. The van der Waals surface area contributed by atoms with Gasteiger partial charge in [0.15, 0.2) is 0 Å². The van der Waals surface area contributed by atoms with Crippen LogP contribution in [-0.2, 0) is 4.57 Å². The van der Waals surface area contributed by atoms with Gasteiger partial charge in [0, 0.05) is 13.6 Å². The average molecular weight is 196 g/mol. The molecule has 0 saturated heterocycles. The van der Waals surface area contributed by atoms with E-state index in [0.717, 1.165) is 0 Å². The van der Waals surface area contributed by atoms with Crippen molar-refractivity contribution in [2.24, 2.45) is 0 Å². The summed E-state index contributed by atoms with van der Waals surface area (Å²) in [7, 11) is -2.44. The second-order valence-corrected chi connectivity index (χ2v) is 4.02. The Kier molecular flexibility index (Phi) is 4.89. The van der Waals surface area contributed by atoms with Crippen LogP contribution < -0.4 is 10.6 Å². The van der Waals surface area contributed by atoms with E-state index < -0.39 is 7.60 Å². The van der Waals surface area contributed by atoms with Gasteiger partial charge in [-0.15, -0.1) is 0 Å². The van der Waals surface area contributed by atoms with Crippen molar-refractivity contribution in [1.82, 2.24) is 10.6 Å². The Morgan fingerprint density at radius 2 is 2.08 bits per heavy atom. The molecule has 0 aromatic heterocycles. The maximum Gasteiger partial charge on any atom is 0.325 e. The largest absolute Gasteiger partial charge is 0.341 e. The molecule has 0 spiro atoms. The molecule has 72 valence electrons. The molecular formula is C5H13N2O4P. The minimum absolute atomic E-state index is 0.197. The van der Waals surface area contributed by atoms with Crippen molar-refractivity contribution >= 4 is 13.6 Å². The van der Waals surface area contributed by atoms with Crippen LogP contribution in [0.3, 0.4) is 0 Å². The zero-order valence-corrected chi connectivity index (χ0v) is 7.67. The summed E-state index contributed by atoms with van der Waals surface area (Å²) >= 11 is 0. The summed E-state index contributed by atoms with van der Waals surface area (Å²) in [5.41, 5.74) is 0. The van der Waals surface area contributed by atoms with Gasteiger partial charge in [-0.3, -0.25) is 4.57 Å². The number of carbonyl (C=O) groups is 1. The van der Waals surface area contributed by atoms with E-state index in [0.29, 0.717) is 0 Å². The summed E-state index contributed by atoms with van der Waals surface area (Å²) in [5.74, 6) is 0. The standard InChI is InChI=1S/C5H13N2O4P/c1-6-5(8)7-3-2-4-12(9,10)11/h2-4H2,1H3,(H2,6,7,8)(H2,9,10,11). The molecule has 12 heavy (non-hydrogen) atoms. The van der Waals surface area contributed by atoms with Gasteiger partial charge in [0.1, 0.15) is 0 Å². The van der Waals surface area contributed by atoms with Gasteiger partial charge >= 0.3 is 13.6 Å². The number of hydrogen-bond donors (Lipinski definition) is 4. The summed E-state index contributed by atoms with van der Waals surface area (Å²) in [6.45, 7) is 0.269. The van der Waals surface area contributed by atoms with E-state index in [1.54, 1.807) is 0 Å². The molecule has 7 heteroatoms. The Morgan fingerprint density at radius 1 is 1.50 bits per heavy atom. The molecule has 0 aromatic carbocycles. The van der Waals surface area contributed by atoms with Gasteiger partial charge in [-0.2, -0.15) is 0 Å². The Morgan fingerprint density at radius 3 is 2.50 bits per heavy atom. The van der Waals surface area contributed by atoms with Crippen molar-refractivity contribution in [1.29, 1.82) is 0 Å². The number of amides is 2. The molecule has 6 nitrogen and oxygen atoms in total. The fraction of sp³-hybridized carbons (Fsp3) is 0.800. The third-order valence-corrected chi connectivity index (χ3v) is 2.04. The molecular weight excluding hydrogens is 183 g/mol. The summed E-state index contributed by atoms with van der Waals surface area (Å²) in [6.07, 6.45) is 0.0781. The molecule has 4 N–H and O–H groups in total. The molecule has 0 aliphatic rings. The zero-order chi connectivity index (χ0) is 9.61. The molecule has 0 aromatic rings. The van der Waals surface area contributed by atoms with Gasteiger partial charge in [0.2, 0.25) is 0 Å². The molecule has 0 aliphatic carbocycles. The van der Waals surface area contributed by atoms with Crippen LogP contribution in [0.25, 0.3) is 0 Å². The quantitative estimate of drug-likeness (QED) is 0.359. The lowest BCUT2D eigenvalue weighted by atomic mass is 10.5. The average Bonchev–Trinajstić information content (AvgIpc) is 1.96. The van der Waals surface area contributed by atoms with E-state index in [1.165, 1.54) is 7.05 Å². The predicted molar refractivity (Wildman–Crippen MR) is 44.0 cm³/mol. The normalized spacial score (nSPS) is 10.9. The Bertz CT molecular complexity index is 190. The lowest BCUT2D eigenvalue weighted by Gasteiger charge is -2.04. The maximum atomic E-state index is 10.5. The minimum Gasteiger partial charge on any atom is -0.341 e. The van der Waals surface area contributed by atoms with Gasteiger partial charge in [-0.25, -0.2) is 4.79 Å². The first-order valence-corrected chi connectivity index (χ1v) is 5.25. The van der Waals surface area contributed by atoms with Gasteiger partial charge in [0.25, 0.3) is 0 Å². The highest BCUT2D eigenvalue weighted by molar-refractivity contribution is 7.51. The Hall–Kier alpha value is -0.580. The number of urea groups is 1. The molecule has 0 unspecified atom stereocenters. The van der Waals surface area contributed by atoms with Crippen LogP contribution in [-0.4, -0.2) is 35.6 Å². The molecule has 2 amide bonds. The second kappa shape index (κ2) is 5.13. The highest BCUT2D eigenvalue weighted by atomic mass is 31.2. The minimum atomic E-state index is -3.91. The van der Waals surface area contributed by atoms with Crippen molar-refractivity contribution < 1.29 is 19.1 Å². The lowest BCUT2D eigenvalue weighted by Crippen LogP contribution is -2.33. The fourth-order valence-corrected chi connectivity index (χ4v) is 1.15. The van der Waals surface area contributed by atoms with E-state index in [2.05, 4.69) is 10.6 Å². The van der Waals surface area contributed by atoms with Gasteiger partial charge in [0.05, 0.1) is 6.16 Å². The third-order valence-electron chi connectivity index (χ3n) is 1.14. The van der Waals surface area contributed by atoms with Crippen molar-refractivity contribution in [3.05, 3.63) is 0 Å². The smallest absolute Gasteiger partial charge is 0.325 e. The number of hydrogen-bond acceptors (Lipinski definition) is 2. The summed E-state index contributed by atoms with van der Waals surface area (Å²) in [5, 5.41) is 4.73. The van der Waals surface area contributed by atoms with Crippen molar-refractivity contribution in [2.45, 2.75) is 6.42 Å². The summed E-state index contributed by atoms with van der Waals surface area (Å²) < 4.78 is 10.3. The Labute approximate surface area is 70.5 Å². The van der Waals surface area contributed by atoms with Gasteiger partial charge in [-0.05, 0) is 6.42 Å². The Balaban J connectivity index is 3.34. The van der Waals surface area contributed by atoms with Crippen molar-refractivity contribution in [3.8, 4) is 0 Å². The first-order chi connectivity index (χ1) is 5.45. The zero-order valence-electron chi connectivity index (χ0n) is 6.78. The van der Waals surface area contributed by atoms with Gasteiger partial charge in [-0.1, -0.05) is 0 Å². The number of carbonyl (C=O) groups excluding carboxylic acids is 1. The van der Waals surface area contributed by atoms with E-state index in [-0.39, 0.29) is 25.2 Å². The van der Waals surface area contributed by atoms with Crippen LogP contribution in [0.1, 0.15) is 6.42 Å². The highest BCUT2D eigenvalue weighted by Gasteiger charge is 2.11. The van der Waals surface area contributed by atoms with Crippen LogP contribution in [0.15, 0.2) is 0 Å². The van der Waals surface area contributed by atoms with Crippen LogP contribution >= 0.6 is 7.60 Å². The molecule has 0 aliphatic heterocycles. The first kappa shape index (κ1) is 11.4. The van der Waals surface area contributed by atoms with E-state index >= 15 is 0 Å². The van der Waals surface area contributed by atoms with Gasteiger partial charge < -0.3 is 20.4 Å². The topological polar surface area (TPSA) is 98.7 Å². The lowest BCUT2D eigenvalue weighted by molar-refractivity contribution is 0.243. The fourth-order valence-electron chi connectivity index (χ4n) is 0.575. The van der Waals surface area contributed by atoms with E-state index in [4.69, 9.17) is 9.79 Å². The summed E-state index contributed by atoms with van der Waals surface area (Å²) in [4.78, 5) is 27.4. The molecule has 0 fully saturated rings. The number of rotatable bonds is 4. The molecule has 0 radical (unpaired) electrons. The van der Waals surface area contributed by atoms with Crippen molar-refractivity contribution in [3.63, 3.8) is 0 Å². The highest BCUT2D eigenvalue weighted by Crippen LogP contribution is 2.34. The van der Waals surface area contributed by atoms with E-state index in [9.17, 15) is 9.36 Å². The molecule has 0 rings (SSSR count). The van der Waals surface area contributed by atoms with Crippen LogP contribution in [0.4, 0.5) is 4.79 Å². The molecule has 0 bridgehead atoms. The second-order valence-electron chi connectivity index (χ2n) is 2.25. The van der Waals surface area contributed by atoms with Crippen LogP contribution in [0.5, 0.6) is 0 Å². The first-order valence-electron chi connectivity index (χ1n) is 3.46. The molecule has 0 heterocycles. The van der Waals surface area contributed by atoms with Crippen molar-refractivity contribution in [2.75, 3.05) is 19.8 Å². The monoisotopic (exact) mass is 196 g/mol. The molecule has 0 saturated carbocycles. The SMILES string of the molecule is CNC(=O)NCCCP(=O)(O)O. The van der Waals surface area contributed by atoms with Crippen LogP contribution in [0.2, 0.25) is 0 Å². The third kappa shape index (κ3) is 7.53. The summed E-state index contributed by atoms with van der Waals surface area (Å²) in [6, 6.07) is -0.347. The number of nitrogens with one attached hydrogen (secondary N) is 2. The van der Waals surface area contributed by atoms with Crippen LogP contribution in [0, 0.1) is 0 Å².